The Kier molecular flexibility index (Phi) is 4.16. The second-order valence-corrected chi connectivity index (χ2v) is 7.17. The van der Waals surface area contributed by atoms with Gasteiger partial charge in [0.1, 0.15) is 0 Å². The molecule has 1 amide bonds. The van der Waals surface area contributed by atoms with Gasteiger partial charge in [0.2, 0.25) is 5.91 Å². The third-order valence-electron chi connectivity index (χ3n) is 4.77. The Morgan fingerprint density at radius 1 is 1.05 bits per heavy atom. The molecule has 2 nitrogen and oxygen atoms in total. The molecular weight excluding hydrogens is 314 g/mol. The summed E-state index contributed by atoms with van der Waals surface area (Å²) in [5.41, 5.74) is 0.944. The summed E-state index contributed by atoms with van der Waals surface area (Å²) in [5.74, 6) is 0.256. The monoisotopic (exact) mass is 335 g/mol. The van der Waals surface area contributed by atoms with Crippen LogP contribution in [0.15, 0.2) is 28.7 Å². The average Bonchev–Trinajstić information content (AvgIpc) is 3.24. The lowest BCUT2D eigenvalue weighted by atomic mass is 9.94. The second kappa shape index (κ2) is 5.88. The van der Waals surface area contributed by atoms with Crippen LogP contribution in [0.2, 0.25) is 0 Å². The molecule has 0 heterocycles. The van der Waals surface area contributed by atoms with Crippen molar-refractivity contribution in [3.05, 3.63) is 34.3 Å². The Bertz CT molecular complexity index is 470. The van der Waals surface area contributed by atoms with Gasteiger partial charge in [-0.15, -0.1) is 0 Å². The van der Waals surface area contributed by atoms with Gasteiger partial charge >= 0.3 is 0 Å². The molecule has 2 aliphatic rings. The third kappa shape index (κ3) is 2.93. The molecule has 0 radical (unpaired) electrons. The van der Waals surface area contributed by atoms with Crippen LogP contribution in [-0.4, -0.2) is 11.9 Å². The van der Waals surface area contributed by atoms with Crippen LogP contribution in [0, 0.1) is 0 Å². The maximum Gasteiger partial charge on any atom is 0.230 e. The summed E-state index contributed by atoms with van der Waals surface area (Å²) in [6, 6.07) is 8.65. The predicted molar refractivity (Wildman–Crippen MR) is 84.7 cm³/mol. The molecule has 2 aliphatic carbocycles. The number of hydrogen-bond acceptors (Lipinski definition) is 1. The molecule has 2 fully saturated rings. The van der Waals surface area contributed by atoms with Crippen LogP contribution >= 0.6 is 15.9 Å². The smallest absolute Gasteiger partial charge is 0.230 e. The minimum Gasteiger partial charge on any atom is -0.353 e. The fraction of sp³-hybridized carbons (Fsp3) is 0.588. The van der Waals surface area contributed by atoms with Crippen LogP contribution in [-0.2, 0) is 10.2 Å². The zero-order chi connectivity index (χ0) is 14.0. The standard InChI is InChI=1S/C17H22BrNO/c18-14-9-7-13(8-10-14)17(11-12-17)16(20)19-15-5-3-1-2-4-6-15/h7-10,15H,1-6,11-12H2,(H,19,20). The highest BCUT2D eigenvalue weighted by Gasteiger charge is 2.51. The lowest BCUT2D eigenvalue weighted by molar-refractivity contribution is -0.124. The number of halogens is 1. The van der Waals surface area contributed by atoms with Crippen LogP contribution in [0.25, 0.3) is 0 Å². The van der Waals surface area contributed by atoms with Crippen LogP contribution in [0.3, 0.4) is 0 Å². The molecule has 1 N–H and O–H groups in total. The average molecular weight is 336 g/mol. The molecule has 3 rings (SSSR count). The zero-order valence-electron chi connectivity index (χ0n) is 11.8. The Balaban J connectivity index is 1.68. The largest absolute Gasteiger partial charge is 0.353 e. The SMILES string of the molecule is O=C(NC1CCCCCC1)C1(c2ccc(Br)cc2)CC1. The highest BCUT2D eigenvalue weighted by molar-refractivity contribution is 9.10. The molecule has 0 aliphatic heterocycles. The van der Waals surface area contributed by atoms with Crippen LogP contribution in [0.5, 0.6) is 0 Å². The van der Waals surface area contributed by atoms with Gasteiger partial charge in [0.05, 0.1) is 5.41 Å². The highest BCUT2D eigenvalue weighted by atomic mass is 79.9. The fourth-order valence-electron chi connectivity index (χ4n) is 3.29. The Morgan fingerprint density at radius 3 is 2.20 bits per heavy atom. The lowest BCUT2D eigenvalue weighted by Crippen LogP contribution is -2.41. The van der Waals surface area contributed by atoms with Crippen molar-refractivity contribution < 1.29 is 4.79 Å². The Hall–Kier alpha value is -0.830. The van der Waals surface area contributed by atoms with Crippen LogP contribution in [0.1, 0.15) is 56.9 Å². The minimum atomic E-state index is -0.229. The number of carbonyl (C=O) groups is 1. The summed E-state index contributed by atoms with van der Waals surface area (Å²) in [5, 5.41) is 3.32. The van der Waals surface area contributed by atoms with Crippen molar-refractivity contribution in [3.63, 3.8) is 0 Å². The minimum absolute atomic E-state index is 0.229. The van der Waals surface area contributed by atoms with Gasteiger partial charge in [0, 0.05) is 10.5 Å². The lowest BCUT2D eigenvalue weighted by Gasteiger charge is -2.21. The fourth-order valence-corrected chi connectivity index (χ4v) is 3.55. The van der Waals surface area contributed by atoms with Crippen LogP contribution in [0.4, 0.5) is 0 Å². The quantitative estimate of drug-likeness (QED) is 0.819. The summed E-state index contributed by atoms with van der Waals surface area (Å²) in [7, 11) is 0. The number of hydrogen-bond donors (Lipinski definition) is 1. The van der Waals surface area contributed by atoms with E-state index < -0.39 is 0 Å². The number of benzene rings is 1. The van der Waals surface area contributed by atoms with E-state index in [0.717, 1.165) is 30.2 Å². The van der Waals surface area contributed by atoms with Gasteiger partial charge in [-0.05, 0) is 43.4 Å². The molecule has 0 aromatic heterocycles. The Labute approximate surface area is 129 Å². The van der Waals surface area contributed by atoms with Crippen molar-refractivity contribution in [1.29, 1.82) is 0 Å². The summed E-state index contributed by atoms with van der Waals surface area (Å²) >= 11 is 3.46. The van der Waals surface area contributed by atoms with Crippen molar-refractivity contribution >= 4 is 21.8 Å². The molecular formula is C17H22BrNO. The second-order valence-electron chi connectivity index (χ2n) is 6.25. The van der Waals surface area contributed by atoms with E-state index in [1.807, 2.05) is 12.1 Å². The molecule has 1 aromatic rings. The van der Waals surface area contributed by atoms with E-state index in [-0.39, 0.29) is 11.3 Å². The van der Waals surface area contributed by atoms with Gasteiger partial charge < -0.3 is 5.32 Å². The van der Waals surface area contributed by atoms with Crippen LogP contribution < -0.4 is 5.32 Å². The summed E-state index contributed by atoms with van der Waals surface area (Å²) in [4.78, 5) is 12.7. The molecule has 108 valence electrons. The van der Waals surface area contributed by atoms with Crippen molar-refractivity contribution in [2.75, 3.05) is 0 Å². The summed E-state index contributed by atoms with van der Waals surface area (Å²) < 4.78 is 1.07. The van der Waals surface area contributed by atoms with Gasteiger partial charge in [0.15, 0.2) is 0 Å². The first-order chi connectivity index (χ1) is 9.71. The van der Waals surface area contributed by atoms with E-state index in [2.05, 4.69) is 33.4 Å². The predicted octanol–water partition coefficient (Wildman–Crippen LogP) is 4.32. The highest BCUT2D eigenvalue weighted by Crippen LogP contribution is 2.48. The van der Waals surface area contributed by atoms with Gasteiger partial charge in [-0.1, -0.05) is 53.7 Å². The maximum absolute atomic E-state index is 12.7. The molecule has 20 heavy (non-hydrogen) atoms. The molecule has 1 aromatic carbocycles. The number of carbonyl (C=O) groups excluding carboxylic acids is 1. The molecule has 0 atom stereocenters. The Morgan fingerprint density at radius 2 is 1.65 bits per heavy atom. The number of amides is 1. The van der Waals surface area contributed by atoms with Crippen molar-refractivity contribution in [2.24, 2.45) is 0 Å². The molecule has 0 bridgehead atoms. The third-order valence-corrected chi connectivity index (χ3v) is 5.30. The topological polar surface area (TPSA) is 29.1 Å². The first-order valence-corrected chi connectivity index (χ1v) is 8.57. The number of nitrogens with one attached hydrogen (secondary N) is 1. The first kappa shape index (κ1) is 14.1. The maximum atomic E-state index is 12.7. The number of rotatable bonds is 3. The van der Waals surface area contributed by atoms with Crippen molar-refractivity contribution in [1.82, 2.24) is 5.32 Å². The molecule has 2 saturated carbocycles. The molecule has 0 saturated heterocycles. The molecule has 0 unspecified atom stereocenters. The van der Waals surface area contributed by atoms with Gasteiger partial charge in [-0.2, -0.15) is 0 Å². The molecule has 0 spiro atoms. The van der Waals surface area contributed by atoms with Gasteiger partial charge in [0.25, 0.3) is 0 Å². The normalized spacial score (nSPS) is 22.1. The van der Waals surface area contributed by atoms with E-state index in [9.17, 15) is 4.79 Å². The summed E-state index contributed by atoms with van der Waals surface area (Å²) in [6.07, 6.45) is 9.46. The van der Waals surface area contributed by atoms with E-state index >= 15 is 0 Å². The van der Waals surface area contributed by atoms with E-state index in [1.54, 1.807) is 0 Å². The van der Waals surface area contributed by atoms with E-state index in [0.29, 0.717) is 6.04 Å². The van der Waals surface area contributed by atoms with Crippen molar-refractivity contribution in [2.45, 2.75) is 62.8 Å². The van der Waals surface area contributed by atoms with Crippen molar-refractivity contribution in [3.8, 4) is 0 Å². The van der Waals surface area contributed by atoms with E-state index in [4.69, 9.17) is 0 Å². The van der Waals surface area contributed by atoms with E-state index in [1.165, 1.54) is 31.2 Å². The molecule has 3 heteroatoms. The van der Waals surface area contributed by atoms with Gasteiger partial charge in [-0.25, -0.2) is 0 Å². The summed E-state index contributed by atoms with van der Waals surface area (Å²) in [6.45, 7) is 0. The zero-order valence-corrected chi connectivity index (χ0v) is 13.4. The first-order valence-electron chi connectivity index (χ1n) is 7.78. The van der Waals surface area contributed by atoms with Gasteiger partial charge in [-0.3, -0.25) is 4.79 Å².